The summed E-state index contributed by atoms with van der Waals surface area (Å²) in [4.78, 5) is 11.7. The highest BCUT2D eigenvalue weighted by atomic mass is 16.5. The van der Waals surface area contributed by atoms with Gasteiger partial charge in [-0.1, -0.05) is 29.4 Å². The Morgan fingerprint density at radius 1 is 1.22 bits per heavy atom. The lowest BCUT2D eigenvalue weighted by atomic mass is 9.86. The van der Waals surface area contributed by atoms with Gasteiger partial charge < -0.3 is 14.9 Å². The van der Waals surface area contributed by atoms with E-state index >= 15 is 0 Å². The van der Waals surface area contributed by atoms with Crippen LogP contribution < -0.4 is 4.74 Å². The second-order valence-corrected chi connectivity index (χ2v) is 7.94. The number of hydrogen-bond acceptors (Lipinski definition) is 3. The second kappa shape index (κ2) is 8.03. The number of ether oxygens (including phenoxy) is 1. The zero-order valence-corrected chi connectivity index (χ0v) is 17.1. The standard InChI is InChI=1S/C23H30O4/c1-14(2)8-7-12-23(6)13-11-18-20(24)19(22(25)26)16(5)17(21(18)27-23)10-9-15(3)4/h7-9,12,24H,10-11,13H2,1-6H3,(H,25,26). The maximum absolute atomic E-state index is 11.7. The van der Waals surface area contributed by atoms with Crippen LogP contribution in [0.2, 0.25) is 0 Å². The van der Waals surface area contributed by atoms with Gasteiger partial charge in [-0.15, -0.1) is 0 Å². The van der Waals surface area contributed by atoms with E-state index in [0.29, 0.717) is 36.1 Å². The lowest BCUT2D eigenvalue weighted by Gasteiger charge is -2.36. The molecule has 0 saturated heterocycles. The quantitative estimate of drug-likeness (QED) is 0.529. The average molecular weight is 370 g/mol. The molecule has 27 heavy (non-hydrogen) atoms. The number of carbonyl (C=O) groups is 1. The first kappa shape index (κ1) is 20.8. The first-order valence-electron chi connectivity index (χ1n) is 9.31. The van der Waals surface area contributed by atoms with Crippen molar-refractivity contribution in [2.75, 3.05) is 0 Å². The summed E-state index contributed by atoms with van der Waals surface area (Å²) in [5.74, 6) is -0.641. The van der Waals surface area contributed by atoms with Crippen LogP contribution in [0.25, 0.3) is 0 Å². The Kier molecular flexibility index (Phi) is 6.19. The van der Waals surface area contributed by atoms with Gasteiger partial charge in [-0.25, -0.2) is 4.79 Å². The number of phenols is 1. The summed E-state index contributed by atoms with van der Waals surface area (Å²) in [6, 6.07) is 0. The summed E-state index contributed by atoms with van der Waals surface area (Å²) in [6.45, 7) is 11.9. The van der Waals surface area contributed by atoms with E-state index in [-0.39, 0.29) is 11.3 Å². The van der Waals surface area contributed by atoms with Crippen LogP contribution in [0.5, 0.6) is 11.5 Å². The van der Waals surface area contributed by atoms with Gasteiger partial charge in [-0.2, -0.15) is 0 Å². The van der Waals surface area contributed by atoms with Crippen LogP contribution in [-0.2, 0) is 12.8 Å². The number of benzene rings is 1. The second-order valence-electron chi connectivity index (χ2n) is 7.94. The molecule has 0 amide bonds. The van der Waals surface area contributed by atoms with Crippen molar-refractivity contribution in [2.24, 2.45) is 0 Å². The van der Waals surface area contributed by atoms with E-state index in [4.69, 9.17) is 4.74 Å². The van der Waals surface area contributed by atoms with Gasteiger partial charge in [0.05, 0.1) is 0 Å². The molecule has 1 heterocycles. The molecule has 4 nitrogen and oxygen atoms in total. The fraction of sp³-hybridized carbons (Fsp3) is 0.435. The molecule has 1 unspecified atom stereocenters. The predicted molar refractivity (Wildman–Crippen MR) is 109 cm³/mol. The molecule has 1 aliphatic rings. The molecule has 0 aliphatic carbocycles. The van der Waals surface area contributed by atoms with Gasteiger partial charge in [0.15, 0.2) is 0 Å². The molecule has 1 atom stereocenters. The Morgan fingerprint density at radius 3 is 2.44 bits per heavy atom. The van der Waals surface area contributed by atoms with Crippen molar-refractivity contribution in [1.29, 1.82) is 0 Å². The van der Waals surface area contributed by atoms with Crippen molar-refractivity contribution in [3.8, 4) is 11.5 Å². The topological polar surface area (TPSA) is 66.8 Å². The van der Waals surface area contributed by atoms with Crippen LogP contribution in [0.4, 0.5) is 0 Å². The molecule has 2 N–H and O–H groups in total. The third-order valence-electron chi connectivity index (χ3n) is 4.91. The largest absolute Gasteiger partial charge is 0.507 e. The number of aromatic hydroxyl groups is 1. The average Bonchev–Trinajstić information content (AvgIpc) is 2.53. The Labute approximate surface area is 161 Å². The molecular formula is C23H30O4. The monoisotopic (exact) mass is 370 g/mol. The highest BCUT2D eigenvalue weighted by Crippen LogP contribution is 2.45. The van der Waals surface area contributed by atoms with Crippen molar-refractivity contribution >= 4 is 5.97 Å². The molecular weight excluding hydrogens is 340 g/mol. The molecule has 0 fully saturated rings. The van der Waals surface area contributed by atoms with Gasteiger partial charge in [0.1, 0.15) is 22.7 Å². The maximum atomic E-state index is 11.7. The van der Waals surface area contributed by atoms with E-state index in [1.54, 1.807) is 6.92 Å². The van der Waals surface area contributed by atoms with Gasteiger partial charge in [-0.3, -0.25) is 0 Å². The summed E-state index contributed by atoms with van der Waals surface area (Å²) in [7, 11) is 0. The zero-order chi connectivity index (χ0) is 20.4. The number of fused-ring (bicyclic) bond motifs is 1. The smallest absolute Gasteiger partial charge is 0.339 e. The third kappa shape index (κ3) is 4.62. The predicted octanol–water partition coefficient (Wildman–Crippen LogP) is 5.51. The van der Waals surface area contributed by atoms with E-state index in [0.717, 1.165) is 11.1 Å². The molecule has 1 aliphatic heterocycles. The van der Waals surface area contributed by atoms with Gasteiger partial charge in [-0.05, 0) is 72.4 Å². The van der Waals surface area contributed by atoms with Crippen LogP contribution in [0.3, 0.4) is 0 Å². The minimum atomic E-state index is -1.11. The number of carboxylic acid groups (broad SMARTS) is 1. The Balaban J connectivity index is 2.60. The number of hydrogen-bond donors (Lipinski definition) is 2. The molecule has 0 aromatic heterocycles. The lowest BCUT2D eigenvalue weighted by molar-refractivity contribution is 0.0691. The maximum Gasteiger partial charge on any atom is 0.339 e. The van der Waals surface area contributed by atoms with E-state index < -0.39 is 11.6 Å². The summed E-state index contributed by atoms with van der Waals surface area (Å²) in [6.07, 6.45) is 9.93. The van der Waals surface area contributed by atoms with E-state index in [9.17, 15) is 15.0 Å². The van der Waals surface area contributed by atoms with Crippen molar-refractivity contribution < 1.29 is 19.7 Å². The van der Waals surface area contributed by atoms with Crippen LogP contribution in [0.15, 0.2) is 35.5 Å². The van der Waals surface area contributed by atoms with E-state index in [1.807, 2.05) is 52.8 Å². The highest BCUT2D eigenvalue weighted by Gasteiger charge is 2.35. The molecule has 2 rings (SSSR count). The van der Waals surface area contributed by atoms with E-state index in [1.165, 1.54) is 5.57 Å². The fourth-order valence-electron chi connectivity index (χ4n) is 3.33. The summed E-state index contributed by atoms with van der Waals surface area (Å²) in [5, 5.41) is 20.2. The van der Waals surface area contributed by atoms with Gasteiger partial charge in [0.2, 0.25) is 0 Å². The van der Waals surface area contributed by atoms with Gasteiger partial charge >= 0.3 is 5.97 Å². The first-order chi connectivity index (χ1) is 12.6. The number of allylic oxidation sites excluding steroid dienone is 5. The molecule has 0 saturated carbocycles. The van der Waals surface area contributed by atoms with Crippen molar-refractivity contribution in [1.82, 2.24) is 0 Å². The summed E-state index contributed by atoms with van der Waals surface area (Å²) in [5.41, 5.74) is 3.84. The lowest BCUT2D eigenvalue weighted by Crippen LogP contribution is -2.35. The molecule has 0 spiro atoms. The number of aromatic carboxylic acids is 1. The molecule has 1 aromatic rings. The molecule has 0 radical (unpaired) electrons. The molecule has 146 valence electrons. The van der Waals surface area contributed by atoms with Crippen LogP contribution in [-0.4, -0.2) is 21.8 Å². The van der Waals surface area contributed by atoms with Gasteiger partial charge in [0, 0.05) is 11.1 Å². The normalized spacial score (nSPS) is 18.6. The Hall–Kier alpha value is -2.49. The minimum Gasteiger partial charge on any atom is -0.507 e. The molecule has 4 heteroatoms. The summed E-state index contributed by atoms with van der Waals surface area (Å²) >= 11 is 0. The molecule has 1 aromatic carbocycles. The fourth-order valence-corrected chi connectivity index (χ4v) is 3.33. The minimum absolute atomic E-state index is 0.0156. The zero-order valence-electron chi connectivity index (χ0n) is 17.1. The van der Waals surface area contributed by atoms with Crippen molar-refractivity contribution in [2.45, 2.75) is 66.4 Å². The van der Waals surface area contributed by atoms with Crippen molar-refractivity contribution in [3.05, 3.63) is 57.7 Å². The Bertz CT molecular complexity index is 835. The van der Waals surface area contributed by atoms with Crippen LogP contribution in [0.1, 0.15) is 68.1 Å². The summed E-state index contributed by atoms with van der Waals surface area (Å²) < 4.78 is 6.36. The first-order valence-corrected chi connectivity index (χ1v) is 9.31. The number of rotatable bonds is 5. The van der Waals surface area contributed by atoms with E-state index in [2.05, 4.69) is 6.08 Å². The number of carboxylic acids is 1. The molecule has 0 bridgehead atoms. The van der Waals surface area contributed by atoms with Crippen LogP contribution in [0, 0.1) is 6.92 Å². The SMILES string of the molecule is CC(C)=CC=CC1(C)CCc2c(O)c(C(=O)O)c(C)c(CC=C(C)C)c2O1. The van der Waals surface area contributed by atoms with Crippen molar-refractivity contribution in [3.63, 3.8) is 0 Å². The Morgan fingerprint density at radius 2 is 1.89 bits per heavy atom. The third-order valence-corrected chi connectivity index (χ3v) is 4.91. The van der Waals surface area contributed by atoms with Crippen LogP contribution >= 0.6 is 0 Å². The van der Waals surface area contributed by atoms with Gasteiger partial charge in [0.25, 0.3) is 0 Å². The highest BCUT2D eigenvalue weighted by molar-refractivity contribution is 5.94.